The van der Waals surface area contributed by atoms with Gasteiger partial charge in [-0.1, -0.05) is 0 Å². The highest BCUT2D eigenvalue weighted by atomic mass is 19.1. The van der Waals surface area contributed by atoms with E-state index in [1.165, 1.54) is 44.5 Å². The van der Waals surface area contributed by atoms with E-state index in [-0.39, 0.29) is 11.9 Å². The average Bonchev–Trinajstić information content (AvgIpc) is 3.33. The summed E-state index contributed by atoms with van der Waals surface area (Å²) < 4.78 is 12.9. The van der Waals surface area contributed by atoms with Crippen molar-refractivity contribution in [3.63, 3.8) is 0 Å². The van der Waals surface area contributed by atoms with Gasteiger partial charge in [0, 0.05) is 19.1 Å². The number of halogens is 1. The Labute approximate surface area is 120 Å². The minimum atomic E-state index is -0.267. The van der Waals surface area contributed by atoms with E-state index in [4.69, 9.17) is 0 Å². The molecule has 0 radical (unpaired) electrons. The van der Waals surface area contributed by atoms with Gasteiger partial charge in [0.25, 0.3) is 0 Å². The van der Waals surface area contributed by atoms with Crippen LogP contribution in [0.5, 0.6) is 0 Å². The van der Waals surface area contributed by atoms with Crippen LogP contribution in [0, 0.1) is 11.7 Å². The summed E-state index contributed by atoms with van der Waals surface area (Å²) in [7, 11) is 1.96. The van der Waals surface area contributed by atoms with Gasteiger partial charge in [0.15, 0.2) is 0 Å². The quantitative estimate of drug-likeness (QED) is 0.792. The maximum Gasteiger partial charge on any atom is 0.141 e. The molecule has 2 saturated carbocycles. The molecule has 0 bridgehead atoms. The Hall–Kier alpha value is -1.00. The number of rotatable bonds is 8. The zero-order valence-electron chi connectivity index (χ0n) is 12.2. The minimum absolute atomic E-state index is 0.219. The second-order valence-electron chi connectivity index (χ2n) is 6.20. The molecule has 3 rings (SSSR count). The van der Waals surface area contributed by atoms with Crippen molar-refractivity contribution in [1.29, 1.82) is 0 Å². The van der Waals surface area contributed by atoms with Crippen LogP contribution in [0.3, 0.4) is 0 Å². The van der Waals surface area contributed by atoms with Crippen molar-refractivity contribution in [3.8, 4) is 0 Å². The molecule has 20 heavy (non-hydrogen) atoms. The first-order valence-electron chi connectivity index (χ1n) is 7.79. The smallest absolute Gasteiger partial charge is 0.141 e. The van der Waals surface area contributed by atoms with Crippen molar-refractivity contribution in [2.24, 2.45) is 5.92 Å². The largest absolute Gasteiger partial charge is 0.312 e. The van der Waals surface area contributed by atoms with Crippen molar-refractivity contribution < 1.29 is 4.39 Å². The van der Waals surface area contributed by atoms with E-state index in [9.17, 15) is 4.39 Å². The summed E-state index contributed by atoms with van der Waals surface area (Å²) in [5.41, 5.74) is 0.941. The molecule has 110 valence electrons. The predicted octanol–water partition coefficient (Wildman–Crippen LogP) is 2.75. The molecule has 2 aliphatic carbocycles. The molecule has 0 amide bonds. The molecule has 4 heteroatoms. The topological polar surface area (TPSA) is 28.2 Å². The number of aromatic nitrogens is 1. The van der Waals surface area contributed by atoms with Crippen LogP contribution in [-0.2, 0) is 0 Å². The second-order valence-corrected chi connectivity index (χ2v) is 6.20. The number of nitrogens with zero attached hydrogens (tertiary/aromatic N) is 2. The molecule has 2 aliphatic rings. The summed E-state index contributed by atoms with van der Waals surface area (Å²) in [5, 5.41) is 3.31. The Morgan fingerprint density at radius 2 is 2.15 bits per heavy atom. The van der Waals surface area contributed by atoms with Gasteiger partial charge in [-0.05, 0) is 57.2 Å². The summed E-state index contributed by atoms with van der Waals surface area (Å²) in [4.78, 5) is 6.86. The number of pyridine rings is 1. The van der Waals surface area contributed by atoms with Crippen molar-refractivity contribution in [1.82, 2.24) is 15.2 Å². The van der Waals surface area contributed by atoms with Gasteiger partial charge in [0.05, 0.1) is 17.9 Å². The van der Waals surface area contributed by atoms with Crippen molar-refractivity contribution in [2.45, 2.75) is 44.2 Å². The monoisotopic (exact) mass is 277 g/mol. The second kappa shape index (κ2) is 6.19. The third kappa shape index (κ3) is 3.76. The van der Waals surface area contributed by atoms with Gasteiger partial charge in [0.2, 0.25) is 0 Å². The highest BCUT2D eigenvalue weighted by molar-refractivity contribution is 5.10. The maximum atomic E-state index is 12.9. The fraction of sp³-hybridized carbons (Fsp3) is 0.688. The first-order valence-corrected chi connectivity index (χ1v) is 7.79. The summed E-state index contributed by atoms with van der Waals surface area (Å²) in [6.45, 7) is 2.39. The van der Waals surface area contributed by atoms with Gasteiger partial charge in [-0.25, -0.2) is 4.39 Å². The first-order chi connectivity index (χ1) is 9.76. The van der Waals surface area contributed by atoms with Crippen molar-refractivity contribution >= 4 is 0 Å². The lowest BCUT2D eigenvalue weighted by Crippen LogP contribution is -2.32. The lowest BCUT2D eigenvalue weighted by Gasteiger charge is -2.24. The lowest BCUT2D eigenvalue weighted by atomic mass is 10.1. The molecule has 0 aliphatic heterocycles. The van der Waals surface area contributed by atoms with Crippen LogP contribution in [0.4, 0.5) is 4.39 Å². The van der Waals surface area contributed by atoms with Gasteiger partial charge >= 0.3 is 0 Å². The standard InChI is InChI=1S/C16H24FN3/c1-18-15(16-7-4-13(17)10-19-16)8-9-20(14-5-6-14)11-12-2-3-12/h4,7,10,12,14-15,18H,2-3,5-6,8-9,11H2,1H3. The SMILES string of the molecule is CNC(CCN(CC1CC1)C1CC1)c1ccc(F)cn1. The van der Waals surface area contributed by atoms with Crippen LogP contribution in [0.2, 0.25) is 0 Å². The fourth-order valence-electron chi connectivity index (χ4n) is 2.82. The molecule has 1 heterocycles. The Morgan fingerprint density at radius 1 is 1.35 bits per heavy atom. The highest BCUT2D eigenvalue weighted by Crippen LogP contribution is 2.35. The minimum Gasteiger partial charge on any atom is -0.312 e. The molecule has 1 N–H and O–H groups in total. The molecule has 0 aromatic carbocycles. The van der Waals surface area contributed by atoms with E-state index >= 15 is 0 Å². The third-order valence-corrected chi connectivity index (χ3v) is 4.41. The number of nitrogens with one attached hydrogen (secondary N) is 1. The third-order valence-electron chi connectivity index (χ3n) is 4.41. The van der Waals surface area contributed by atoms with Crippen LogP contribution in [0.15, 0.2) is 18.3 Å². The predicted molar refractivity (Wildman–Crippen MR) is 77.9 cm³/mol. The number of hydrogen-bond donors (Lipinski definition) is 1. The molecule has 1 aromatic rings. The van der Waals surface area contributed by atoms with E-state index < -0.39 is 0 Å². The van der Waals surface area contributed by atoms with E-state index in [0.717, 1.165) is 30.6 Å². The Morgan fingerprint density at radius 3 is 2.70 bits per heavy atom. The molecule has 1 aromatic heterocycles. The zero-order valence-corrected chi connectivity index (χ0v) is 12.2. The van der Waals surface area contributed by atoms with Crippen LogP contribution >= 0.6 is 0 Å². The lowest BCUT2D eigenvalue weighted by molar-refractivity contribution is 0.238. The summed E-state index contributed by atoms with van der Waals surface area (Å²) in [5.74, 6) is 0.685. The van der Waals surface area contributed by atoms with Gasteiger partial charge in [0.1, 0.15) is 5.82 Å². The van der Waals surface area contributed by atoms with Crippen LogP contribution in [0.25, 0.3) is 0 Å². The summed E-state index contributed by atoms with van der Waals surface area (Å²) in [6, 6.07) is 4.33. The molecule has 0 spiro atoms. The first kappa shape index (κ1) is 14.0. The van der Waals surface area contributed by atoms with E-state index in [1.54, 1.807) is 6.07 Å². The van der Waals surface area contributed by atoms with Crippen LogP contribution in [0.1, 0.15) is 43.8 Å². The molecular weight excluding hydrogens is 253 g/mol. The molecular formula is C16H24FN3. The van der Waals surface area contributed by atoms with Gasteiger partial charge in [-0.2, -0.15) is 0 Å². The molecule has 0 saturated heterocycles. The van der Waals surface area contributed by atoms with Gasteiger partial charge in [-0.3, -0.25) is 4.98 Å². The molecule has 1 atom stereocenters. The maximum absolute atomic E-state index is 12.9. The Kier molecular flexibility index (Phi) is 4.32. The van der Waals surface area contributed by atoms with Crippen LogP contribution < -0.4 is 5.32 Å². The fourth-order valence-corrected chi connectivity index (χ4v) is 2.82. The Balaban J connectivity index is 1.54. The van der Waals surface area contributed by atoms with E-state index in [1.807, 2.05) is 7.05 Å². The highest BCUT2D eigenvalue weighted by Gasteiger charge is 2.33. The van der Waals surface area contributed by atoms with E-state index in [2.05, 4.69) is 15.2 Å². The zero-order chi connectivity index (χ0) is 13.9. The summed E-state index contributed by atoms with van der Waals surface area (Å²) >= 11 is 0. The van der Waals surface area contributed by atoms with Gasteiger partial charge < -0.3 is 10.2 Å². The van der Waals surface area contributed by atoms with E-state index in [0.29, 0.717) is 0 Å². The Bertz CT molecular complexity index is 426. The van der Waals surface area contributed by atoms with Gasteiger partial charge in [-0.15, -0.1) is 0 Å². The number of hydrogen-bond acceptors (Lipinski definition) is 3. The summed E-state index contributed by atoms with van der Waals surface area (Å²) in [6.07, 6.45) is 7.91. The normalized spacial score (nSPS) is 20.4. The van der Waals surface area contributed by atoms with Crippen LogP contribution in [-0.4, -0.2) is 36.1 Å². The average molecular weight is 277 g/mol. The van der Waals surface area contributed by atoms with Crippen molar-refractivity contribution in [3.05, 3.63) is 29.8 Å². The molecule has 3 nitrogen and oxygen atoms in total. The molecule has 1 unspecified atom stereocenters. The van der Waals surface area contributed by atoms with Crippen molar-refractivity contribution in [2.75, 3.05) is 20.1 Å². The molecule has 2 fully saturated rings.